The van der Waals surface area contributed by atoms with Crippen LogP contribution in [0.4, 0.5) is 0 Å². The number of nitrogen functional groups attached to an aromatic ring is 1. The molecule has 3 heteroatoms. The van der Waals surface area contributed by atoms with Crippen LogP contribution in [0.15, 0.2) is 24.3 Å². The summed E-state index contributed by atoms with van der Waals surface area (Å²) in [5, 5.41) is 10.8. The van der Waals surface area contributed by atoms with Crippen molar-refractivity contribution in [2.24, 2.45) is 11.7 Å². The van der Waals surface area contributed by atoms with E-state index < -0.39 is 0 Å². The van der Waals surface area contributed by atoms with Crippen LogP contribution in [0.3, 0.4) is 0 Å². The van der Waals surface area contributed by atoms with Gasteiger partial charge in [-0.3, -0.25) is 5.41 Å². The topological polar surface area (TPSA) is 61.9 Å². The first-order valence-corrected chi connectivity index (χ1v) is 5.90. The molecule has 3 nitrogen and oxygen atoms in total. The monoisotopic (exact) mass is 217 g/mol. The summed E-state index contributed by atoms with van der Waals surface area (Å²) in [6.45, 7) is 2.27. The molecule has 86 valence electrons. The highest BCUT2D eigenvalue weighted by Crippen LogP contribution is 2.18. The molecule has 0 aromatic heterocycles. The minimum atomic E-state index is 0.159. The van der Waals surface area contributed by atoms with Gasteiger partial charge in [-0.15, -0.1) is 0 Å². The lowest BCUT2D eigenvalue weighted by molar-refractivity contribution is 0.372. The van der Waals surface area contributed by atoms with Crippen LogP contribution >= 0.6 is 0 Å². The second-order valence-electron chi connectivity index (χ2n) is 4.51. The van der Waals surface area contributed by atoms with Gasteiger partial charge in [0, 0.05) is 5.56 Å². The predicted molar refractivity (Wildman–Crippen MR) is 66.8 cm³/mol. The summed E-state index contributed by atoms with van der Waals surface area (Å²) in [6.07, 6.45) is 3.62. The summed E-state index contributed by atoms with van der Waals surface area (Å²) in [6, 6.07) is 8.07. The standard InChI is InChI=1S/C13H19N3/c14-13(15)12-3-1-2-11(9-12)8-10-4-6-16-7-5-10/h1-3,9-10,16H,4-8H2,(H3,14,15). The van der Waals surface area contributed by atoms with Gasteiger partial charge in [-0.1, -0.05) is 18.2 Å². The molecule has 0 bridgehead atoms. The second kappa shape index (κ2) is 5.12. The number of rotatable bonds is 3. The van der Waals surface area contributed by atoms with Crippen molar-refractivity contribution < 1.29 is 0 Å². The van der Waals surface area contributed by atoms with E-state index in [0.717, 1.165) is 31.0 Å². The number of piperidine rings is 1. The molecule has 1 aromatic carbocycles. The van der Waals surface area contributed by atoms with E-state index in [-0.39, 0.29) is 5.84 Å². The molecule has 0 unspecified atom stereocenters. The maximum absolute atomic E-state index is 7.42. The Morgan fingerprint density at radius 3 is 2.81 bits per heavy atom. The Morgan fingerprint density at radius 2 is 2.12 bits per heavy atom. The van der Waals surface area contributed by atoms with E-state index >= 15 is 0 Å². The van der Waals surface area contributed by atoms with Gasteiger partial charge in [0.2, 0.25) is 0 Å². The van der Waals surface area contributed by atoms with E-state index in [2.05, 4.69) is 11.4 Å². The van der Waals surface area contributed by atoms with Crippen molar-refractivity contribution in [3.05, 3.63) is 35.4 Å². The fraction of sp³-hybridized carbons (Fsp3) is 0.462. The molecule has 2 rings (SSSR count). The Labute approximate surface area is 96.6 Å². The van der Waals surface area contributed by atoms with Crippen LogP contribution in [-0.2, 0) is 6.42 Å². The molecule has 0 atom stereocenters. The summed E-state index contributed by atoms with van der Waals surface area (Å²) < 4.78 is 0. The van der Waals surface area contributed by atoms with Crippen molar-refractivity contribution in [1.29, 1.82) is 5.41 Å². The highest BCUT2D eigenvalue weighted by atomic mass is 14.9. The summed E-state index contributed by atoms with van der Waals surface area (Å²) in [7, 11) is 0. The fourth-order valence-corrected chi connectivity index (χ4v) is 2.29. The van der Waals surface area contributed by atoms with Gasteiger partial charge in [0.15, 0.2) is 0 Å². The van der Waals surface area contributed by atoms with Crippen LogP contribution in [0.5, 0.6) is 0 Å². The Balaban J connectivity index is 2.02. The Kier molecular flexibility index (Phi) is 3.57. The average Bonchev–Trinajstić information content (AvgIpc) is 2.30. The molecular formula is C13H19N3. The Hall–Kier alpha value is -1.35. The third-order valence-electron chi connectivity index (χ3n) is 3.22. The second-order valence-corrected chi connectivity index (χ2v) is 4.51. The van der Waals surface area contributed by atoms with Crippen LogP contribution in [0, 0.1) is 11.3 Å². The van der Waals surface area contributed by atoms with Gasteiger partial charge in [-0.05, 0) is 49.9 Å². The molecule has 16 heavy (non-hydrogen) atoms. The highest BCUT2D eigenvalue weighted by Gasteiger charge is 2.13. The first-order valence-electron chi connectivity index (χ1n) is 5.90. The summed E-state index contributed by atoms with van der Waals surface area (Å²) in [5.74, 6) is 0.940. The largest absolute Gasteiger partial charge is 0.384 e. The van der Waals surface area contributed by atoms with Crippen molar-refractivity contribution in [1.82, 2.24) is 5.32 Å². The van der Waals surface area contributed by atoms with E-state index in [1.54, 1.807) is 0 Å². The molecule has 0 amide bonds. The molecule has 1 heterocycles. The van der Waals surface area contributed by atoms with Crippen molar-refractivity contribution in [3.8, 4) is 0 Å². The van der Waals surface area contributed by atoms with Gasteiger partial charge >= 0.3 is 0 Å². The maximum Gasteiger partial charge on any atom is 0.122 e. The van der Waals surface area contributed by atoms with E-state index in [1.807, 2.05) is 18.2 Å². The summed E-state index contributed by atoms with van der Waals surface area (Å²) in [5.41, 5.74) is 7.63. The third kappa shape index (κ3) is 2.83. The summed E-state index contributed by atoms with van der Waals surface area (Å²) >= 11 is 0. The van der Waals surface area contributed by atoms with Gasteiger partial charge in [0.25, 0.3) is 0 Å². The van der Waals surface area contributed by atoms with Gasteiger partial charge in [-0.25, -0.2) is 0 Å². The first kappa shape index (κ1) is 11.1. The zero-order valence-corrected chi connectivity index (χ0v) is 9.50. The van der Waals surface area contributed by atoms with Gasteiger partial charge in [0.1, 0.15) is 5.84 Å². The summed E-state index contributed by atoms with van der Waals surface area (Å²) in [4.78, 5) is 0. The molecule has 0 aliphatic carbocycles. The molecule has 1 aromatic rings. The van der Waals surface area contributed by atoms with E-state index in [4.69, 9.17) is 11.1 Å². The molecule has 1 aliphatic rings. The minimum Gasteiger partial charge on any atom is -0.384 e. The number of amidine groups is 1. The van der Waals surface area contributed by atoms with Crippen molar-refractivity contribution in [3.63, 3.8) is 0 Å². The van der Waals surface area contributed by atoms with Gasteiger partial charge in [-0.2, -0.15) is 0 Å². The van der Waals surface area contributed by atoms with Crippen molar-refractivity contribution >= 4 is 5.84 Å². The molecule has 0 spiro atoms. The first-order chi connectivity index (χ1) is 7.75. The molecule has 1 fully saturated rings. The third-order valence-corrected chi connectivity index (χ3v) is 3.22. The Morgan fingerprint density at radius 1 is 1.38 bits per heavy atom. The van der Waals surface area contributed by atoms with E-state index in [9.17, 15) is 0 Å². The normalized spacial score (nSPS) is 17.2. The average molecular weight is 217 g/mol. The van der Waals surface area contributed by atoms with Crippen molar-refractivity contribution in [2.75, 3.05) is 13.1 Å². The zero-order valence-electron chi connectivity index (χ0n) is 9.50. The lowest BCUT2D eigenvalue weighted by Crippen LogP contribution is -2.28. The van der Waals surface area contributed by atoms with Crippen molar-refractivity contribution in [2.45, 2.75) is 19.3 Å². The zero-order chi connectivity index (χ0) is 11.4. The van der Waals surface area contributed by atoms with Gasteiger partial charge < -0.3 is 11.1 Å². The van der Waals surface area contributed by atoms with E-state index in [0.29, 0.717) is 0 Å². The van der Waals surface area contributed by atoms with Crippen LogP contribution in [0.25, 0.3) is 0 Å². The minimum absolute atomic E-state index is 0.159. The fourth-order valence-electron chi connectivity index (χ4n) is 2.29. The lowest BCUT2D eigenvalue weighted by Gasteiger charge is -2.22. The van der Waals surface area contributed by atoms with Crippen LogP contribution in [0.1, 0.15) is 24.0 Å². The molecule has 1 aliphatic heterocycles. The molecule has 0 saturated carbocycles. The lowest BCUT2D eigenvalue weighted by atomic mass is 9.90. The number of nitrogens with one attached hydrogen (secondary N) is 2. The van der Waals surface area contributed by atoms with Crippen LogP contribution in [0.2, 0.25) is 0 Å². The highest BCUT2D eigenvalue weighted by molar-refractivity contribution is 5.95. The van der Waals surface area contributed by atoms with Crippen LogP contribution in [-0.4, -0.2) is 18.9 Å². The molecular weight excluding hydrogens is 198 g/mol. The number of benzene rings is 1. The maximum atomic E-state index is 7.42. The SMILES string of the molecule is N=C(N)c1cccc(CC2CCNCC2)c1. The van der Waals surface area contributed by atoms with Crippen LogP contribution < -0.4 is 11.1 Å². The predicted octanol–water partition coefficient (Wildman–Crippen LogP) is 1.51. The smallest absolute Gasteiger partial charge is 0.122 e. The van der Waals surface area contributed by atoms with Gasteiger partial charge in [0.05, 0.1) is 0 Å². The Bertz CT molecular complexity index is 367. The quantitative estimate of drug-likeness (QED) is 0.531. The molecule has 1 saturated heterocycles. The number of hydrogen-bond acceptors (Lipinski definition) is 2. The van der Waals surface area contributed by atoms with E-state index in [1.165, 1.54) is 18.4 Å². The number of hydrogen-bond donors (Lipinski definition) is 3. The molecule has 0 radical (unpaired) electrons. The molecule has 4 N–H and O–H groups in total. The number of nitrogens with two attached hydrogens (primary N) is 1.